The standard InChI is InChI=1S/C22H23N3O3/c1-23(14-21(27)24-12-6-7-13-24)20(26)15-25-18-10-4-2-8-16(18)22(28)17-9-3-5-11-19(17)25/h2-5,8-11H,6-7,12-15H2,1H3. The van der Waals surface area contributed by atoms with Crippen LogP contribution in [-0.2, 0) is 16.1 Å². The molecule has 1 saturated heterocycles. The Morgan fingerprint density at radius 2 is 1.46 bits per heavy atom. The Balaban J connectivity index is 1.66. The van der Waals surface area contributed by atoms with E-state index in [1.807, 2.05) is 45.9 Å². The Morgan fingerprint density at radius 3 is 2.04 bits per heavy atom. The number of pyridine rings is 1. The molecule has 0 spiro atoms. The first-order chi connectivity index (χ1) is 13.6. The molecule has 3 aromatic rings. The fraction of sp³-hybridized carbons (Fsp3) is 0.318. The Labute approximate surface area is 163 Å². The van der Waals surface area contributed by atoms with E-state index in [1.165, 1.54) is 4.90 Å². The third kappa shape index (κ3) is 3.26. The van der Waals surface area contributed by atoms with E-state index in [0.29, 0.717) is 10.8 Å². The van der Waals surface area contributed by atoms with E-state index in [4.69, 9.17) is 0 Å². The molecule has 0 saturated carbocycles. The summed E-state index contributed by atoms with van der Waals surface area (Å²) in [5, 5.41) is 1.18. The normalized spacial score (nSPS) is 14.0. The summed E-state index contributed by atoms with van der Waals surface area (Å²) in [4.78, 5) is 41.3. The maximum Gasteiger partial charge on any atom is 0.242 e. The van der Waals surface area contributed by atoms with E-state index in [0.717, 1.165) is 37.0 Å². The number of benzene rings is 2. The largest absolute Gasteiger partial charge is 0.341 e. The molecule has 2 amide bonds. The monoisotopic (exact) mass is 377 g/mol. The smallest absolute Gasteiger partial charge is 0.242 e. The van der Waals surface area contributed by atoms with Gasteiger partial charge in [-0.15, -0.1) is 0 Å². The summed E-state index contributed by atoms with van der Waals surface area (Å²) >= 11 is 0. The first kappa shape index (κ1) is 18.2. The van der Waals surface area contributed by atoms with Crippen LogP contribution in [0.1, 0.15) is 12.8 Å². The lowest BCUT2D eigenvalue weighted by atomic mass is 10.1. The van der Waals surface area contributed by atoms with Gasteiger partial charge in [-0.1, -0.05) is 24.3 Å². The summed E-state index contributed by atoms with van der Waals surface area (Å²) in [5.41, 5.74) is 1.41. The second-order valence-corrected chi connectivity index (χ2v) is 7.29. The number of hydrogen-bond donors (Lipinski definition) is 0. The van der Waals surface area contributed by atoms with Gasteiger partial charge in [0.1, 0.15) is 6.54 Å². The minimum Gasteiger partial charge on any atom is -0.341 e. The molecule has 0 N–H and O–H groups in total. The molecular weight excluding hydrogens is 354 g/mol. The number of carbonyl (C=O) groups is 2. The number of para-hydroxylation sites is 2. The topological polar surface area (TPSA) is 62.6 Å². The first-order valence-electron chi connectivity index (χ1n) is 9.58. The molecule has 6 heteroatoms. The number of fused-ring (bicyclic) bond motifs is 2. The number of aromatic nitrogens is 1. The molecule has 1 aliphatic heterocycles. The Kier molecular flexibility index (Phi) is 4.86. The maximum atomic E-state index is 12.9. The molecule has 2 heterocycles. The molecule has 0 bridgehead atoms. The minimum absolute atomic E-state index is 0.0111. The van der Waals surface area contributed by atoms with Gasteiger partial charge >= 0.3 is 0 Å². The summed E-state index contributed by atoms with van der Waals surface area (Å²) in [7, 11) is 1.66. The van der Waals surface area contributed by atoms with Crippen molar-refractivity contribution in [3.8, 4) is 0 Å². The van der Waals surface area contributed by atoms with Crippen LogP contribution in [0.3, 0.4) is 0 Å². The summed E-state index contributed by atoms with van der Waals surface area (Å²) in [6, 6.07) is 14.6. The van der Waals surface area contributed by atoms with Crippen LogP contribution in [0.4, 0.5) is 0 Å². The van der Waals surface area contributed by atoms with Crippen LogP contribution in [0.2, 0.25) is 0 Å². The molecule has 1 aromatic heterocycles. The van der Waals surface area contributed by atoms with Crippen molar-refractivity contribution in [2.75, 3.05) is 26.7 Å². The van der Waals surface area contributed by atoms with E-state index in [2.05, 4.69) is 0 Å². The summed E-state index contributed by atoms with van der Waals surface area (Å²) in [6.45, 7) is 1.70. The predicted octanol–water partition coefficient (Wildman–Crippen LogP) is 2.24. The first-order valence-corrected chi connectivity index (χ1v) is 9.58. The number of rotatable bonds is 4. The number of likely N-dealkylation sites (tertiary alicyclic amines) is 1. The number of amides is 2. The van der Waals surface area contributed by atoms with E-state index >= 15 is 0 Å². The highest BCUT2D eigenvalue weighted by molar-refractivity contribution is 5.95. The van der Waals surface area contributed by atoms with Gasteiger partial charge in [-0.25, -0.2) is 0 Å². The van der Waals surface area contributed by atoms with Gasteiger partial charge in [0.25, 0.3) is 0 Å². The molecule has 144 valence electrons. The lowest BCUT2D eigenvalue weighted by Gasteiger charge is -2.23. The lowest BCUT2D eigenvalue weighted by molar-refractivity contribution is -0.139. The molecule has 0 radical (unpaired) electrons. The zero-order chi connectivity index (χ0) is 19.7. The van der Waals surface area contributed by atoms with Crippen LogP contribution >= 0.6 is 0 Å². The molecule has 28 heavy (non-hydrogen) atoms. The zero-order valence-electron chi connectivity index (χ0n) is 15.9. The minimum atomic E-state index is -0.161. The molecule has 0 unspecified atom stereocenters. The molecule has 0 aliphatic carbocycles. The van der Waals surface area contributed by atoms with Crippen molar-refractivity contribution in [1.82, 2.24) is 14.4 Å². The number of carbonyl (C=O) groups excluding carboxylic acids is 2. The molecule has 1 fully saturated rings. The van der Waals surface area contributed by atoms with Crippen molar-refractivity contribution in [3.05, 3.63) is 58.8 Å². The van der Waals surface area contributed by atoms with Crippen molar-refractivity contribution in [1.29, 1.82) is 0 Å². The number of hydrogen-bond acceptors (Lipinski definition) is 3. The Bertz CT molecular complexity index is 1050. The van der Waals surface area contributed by atoms with Crippen LogP contribution in [0.15, 0.2) is 53.3 Å². The van der Waals surface area contributed by atoms with Crippen molar-refractivity contribution in [2.45, 2.75) is 19.4 Å². The van der Waals surface area contributed by atoms with Gasteiger partial charge < -0.3 is 14.4 Å². The highest BCUT2D eigenvalue weighted by atomic mass is 16.2. The molecule has 0 atom stereocenters. The van der Waals surface area contributed by atoms with E-state index in [1.54, 1.807) is 19.2 Å². The Hall–Kier alpha value is -3.15. The molecular formula is C22H23N3O3. The average molecular weight is 377 g/mol. The second kappa shape index (κ2) is 7.46. The summed E-state index contributed by atoms with van der Waals surface area (Å²) in [5.74, 6) is -0.172. The number of nitrogens with zero attached hydrogens (tertiary/aromatic N) is 3. The highest BCUT2D eigenvalue weighted by Gasteiger charge is 2.22. The van der Waals surface area contributed by atoms with Crippen LogP contribution < -0.4 is 5.43 Å². The van der Waals surface area contributed by atoms with E-state index in [-0.39, 0.29) is 30.3 Å². The van der Waals surface area contributed by atoms with Gasteiger partial charge in [0.2, 0.25) is 11.8 Å². The van der Waals surface area contributed by atoms with Crippen molar-refractivity contribution in [3.63, 3.8) is 0 Å². The van der Waals surface area contributed by atoms with Gasteiger partial charge in [-0.05, 0) is 37.1 Å². The molecule has 4 rings (SSSR count). The lowest BCUT2D eigenvalue weighted by Crippen LogP contribution is -2.41. The quantitative estimate of drug-likeness (QED) is 0.655. The van der Waals surface area contributed by atoms with Crippen molar-refractivity contribution < 1.29 is 9.59 Å². The van der Waals surface area contributed by atoms with Crippen LogP contribution in [0.25, 0.3) is 21.8 Å². The Morgan fingerprint density at radius 1 is 0.929 bits per heavy atom. The van der Waals surface area contributed by atoms with Crippen LogP contribution in [0.5, 0.6) is 0 Å². The fourth-order valence-corrected chi connectivity index (χ4v) is 3.86. The maximum absolute atomic E-state index is 12.9. The van der Waals surface area contributed by atoms with Crippen LogP contribution in [0, 0.1) is 0 Å². The second-order valence-electron chi connectivity index (χ2n) is 7.29. The van der Waals surface area contributed by atoms with Gasteiger partial charge in [0, 0.05) is 30.9 Å². The van der Waals surface area contributed by atoms with Crippen molar-refractivity contribution >= 4 is 33.6 Å². The van der Waals surface area contributed by atoms with Gasteiger partial charge in [-0.3, -0.25) is 14.4 Å². The van der Waals surface area contributed by atoms with Crippen LogP contribution in [-0.4, -0.2) is 52.9 Å². The molecule has 2 aromatic carbocycles. The van der Waals surface area contributed by atoms with E-state index < -0.39 is 0 Å². The van der Waals surface area contributed by atoms with Crippen molar-refractivity contribution in [2.24, 2.45) is 0 Å². The summed E-state index contributed by atoms with van der Waals surface area (Å²) < 4.78 is 1.87. The molecule has 6 nitrogen and oxygen atoms in total. The summed E-state index contributed by atoms with van der Waals surface area (Å²) in [6.07, 6.45) is 2.05. The number of likely N-dealkylation sites (N-methyl/N-ethyl adjacent to an activating group) is 1. The van der Waals surface area contributed by atoms with E-state index in [9.17, 15) is 14.4 Å². The average Bonchev–Trinajstić information content (AvgIpc) is 3.26. The predicted molar refractivity (Wildman–Crippen MR) is 109 cm³/mol. The third-order valence-electron chi connectivity index (χ3n) is 5.43. The van der Waals surface area contributed by atoms with Gasteiger partial charge in [0.15, 0.2) is 5.43 Å². The molecule has 1 aliphatic rings. The fourth-order valence-electron chi connectivity index (χ4n) is 3.86. The third-order valence-corrected chi connectivity index (χ3v) is 5.43. The zero-order valence-corrected chi connectivity index (χ0v) is 15.9. The SMILES string of the molecule is CN(CC(=O)N1CCCC1)C(=O)Cn1c2ccccc2c(=O)c2ccccc21. The highest BCUT2D eigenvalue weighted by Crippen LogP contribution is 2.19. The van der Waals surface area contributed by atoms with Gasteiger partial charge in [-0.2, -0.15) is 0 Å². The van der Waals surface area contributed by atoms with Gasteiger partial charge in [0.05, 0.1) is 17.6 Å².